The van der Waals surface area contributed by atoms with E-state index in [1.54, 1.807) is 0 Å². The van der Waals surface area contributed by atoms with Gasteiger partial charge in [0.25, 0.3) is 5.91 Å². The smallest absolute Gasteiger partial charge is 0.321 e. The lowest BCUT2D eigenvalue weighted by Gasteiger charge is -2.24. The highest BCUT2D eigenvalue weighted by molar-refractivity contribution is 5.94. The van der Waals surface area contributed by atoms with Crippen LogP contribution < -0.4 is 15.5 Å². The Morgan fingerprint density at radius 2 is 1.58 bits per heavy atom. The van der Waals surface area contributed by atoms with Crippen molar-refractivity contribution in [2.75, 3.05) is 19.6 Å². The third-order valence-electron chi connectivity index (χ3n) is 4.16. The molecule has 5 nitrogen and oxygen atoms in total. The minimum absolute atomic E-state index is 0.148. The van der Waals surface area contributed by atoms with Gasteiger partial charge in [-0.1, -0.05) is 19.3 Å². The van der Waals surface area contributed by atoms with Crippen molar-refractivity contribution in [1.82, 2.24) is 10.6 Å². The Kier molecular flexibility index (Phi) is 5.63. The monoisotopic (exact) mass is 268 g/mol. The van der Waals surface area contributed by atoms with Crippen molar-refractivity contribution in [2.45, 2.75) is 57.4 Å². The number of urea groups is 1. The second-order valence-electron chi connectivity index (χ2n) is 5.84. The van der Waals surface area contributed by atoms with Gasteiger partial charge in [0.15, 0.2) is 6.54 Å². The van der Waals surface area contributed by atoms with Crippen molar-refractivity contribution in [3.05, 3.63) is 0 Å². The van der Waals surface area contributed by atoms with E-state index in [4.69, 9.17) is 0 Å². The molecule has 0 aromatic carbocycles. The van der Waals surface area contributed by atoms with Gasteiger partial charge in [-0.05, 0) is 32.1 Å². The van der Waals surface area contributed by atoms with Crippen LogP contribution in [0.25, 0.3) is 0 Å². The third kappa shape index (κ3) is 5.19. The number of hydrogen-bond acceptors (Lipinski definition) is 2. The van der Waals surface area contributed by atoms with Crippen LogP contribution in [-0.4, -0.2) is 37.6 Å². The third-order valence-corrected chi connectivity index (χ3v) is 4.16. The maximum Gasteiger partial charge on any atom is 0.321 e. The molecule has 1 aliphatic heterocycles. The first-order chi connectivity index (χ1) is 9.24. The molecule has 0 bridgehead atoms. The van der Waals surface area contributed by atoms with Crippen LogP contribution in [0.2, 0.25) is 0 Å². The van der Waals surface area contributed by atoms with Gasteiger partial charge in [-0.25, -0.2) is 4.79 Å². The van der Waals surface area contributed by atoms with Crippen LogP contribution in [0.15, 0.2) is 0 Å². The fraction of sp³-hybridized carbons (Fsp3) is 0.857. The van der Waals surface area contributed by atoms with E-state index >= 15 is 0 Å². The van der Waals surface area contributed by atoms with E-state index in [9.17, 15) is 9.59 Å². The zero-order valence-corrected chi connectivity index (χ0v) is 11.7. The van der Waals surface area contributed by atoms with E-state index < -0.39 is 0 Å². The van der Waals surface area contributed by atoms with Crippen molar-refractivity contribution in [3.63, 3.8) is 0 Å². The summed E-state index contributed by atoms with van der Waals surface area (Å²) in [4.78, 5) is 24.8. The van der Waals surface area contributed by atoms with Crippen molar-refractivity contribution >= 4 is 11.9 Å². The van der Waals surface area contributed by atoms with Gasteiger partial charge in [-0.15, -0.1) is 0 Å². The van der Waals surface area contributed by atoms with Gasteiger partial charge < -0.3 is 10.2 Å². The molecule has 108 valence electrons. The fourth-order valence-corrected chi connectivity index (χ4v) is 3.09. The molecule has 19 heavy (non-hydrogen) atoms. The van der Waals surface area contributed by atoms with Crippen LogP contribution in [0, 0.1) is 0 Å². The van der Waals surface area contributed by atoms with E-state index in [-0.39, 0.29) is 18.0 Å². The summed E-state index contributed by atoms with van der Waals surface area (Å²) in [6.07, 6.45) is 9.35. The van der Waals surface area contributed by atoms with Crippen LogP contribution in [0.3, 0.4) is 0 Å². The summed E-state index contributed by atoms with van der Waals surface area (Å²) in [6, 6.07) is -0.0582. The molecule has 5 heteroatoms. The van der Waals surface area contributed by atoms with Crippen molar-refractivity contribution in [2.24, 2.45) is 0 Å². The second-order valence-corrected chi connectivity index (χ2v) is 5.84. The minimum atomic E-state index is -0.312. The molecule has 3 N–H and O–H groups in total. The number of hydrogen-bond donors (Lipinski definition) is 3. The first kappa shape index (κ1) is 14.3. The molecular weight excluding hydrogens is 242 g/mol. The number of imide groups is 1. The molecule has 0 atom stereocenters. The standard InChI is InChI=1S/C14H25N3O2/c18-13(11-17-9-5-2-6-10-17)16-14(19)15-12-7-3-1-4-8-12/h12H,1-11H2,(H2,15,16,18,19)/p+1. The van der Waals surface area contributed by atoms with Crippen molar-refractivity contribution < 1.29 is 14.5 Å². The Morgan fingerprint density at radius 3 is 2.26 bits per heavy atom. The van der Waals surface area contributed by atoms with Crippen molar-refractivity contribution in [1.29, 1.82) is 0 Å². The Balaban J connectivity index is 1.64. The topological polar surface area (TPSA) is 62.6 Å². The summed E-state index contributed by atoms with van der Waals surface area (Å²) < 4.78 is 0. The molecule has 0 aromatic heterocycles. The quantitative estimate of drug-likeness (QED) is 0.685. The molecule has 2 aliphatic rings. The summed E-state index contributed by atoms with van der Waals surface area (Å²) in [5.74, 6) is -0.148. The fourth-order valence-electron chi connectivity index (χ4n) is 3.09. The molecule has 0 unspecified atom stereocenters. The Morgan fingerprint density at radius 1 is 0.947 bits per heavy atom. The maximum atomic E-state index is 11.8. The number of rotatable bonds is 3. The summed E-state index contributed by atoms with van der Waals surface area (Å²) in [7, 11) is 0. The highest BCUT2D eigenvalue weighted by Gasteiger charge is 2.20. The average molecular weight is 268 g/mol. The van der Waals surface area contributed by atoms with E-state index in [2.05, 4.69) is 10.6 Å². The number of amides is 3. The number of carbonyl (C=O) groups excluding carboxylic acids is 2. The Bertz CT molecular complexity index is 278. The first-order valence-corrected chi connectivity index (χ1v) is 7.68. The van der Waals surface area contributed by atoms with Gasteiger partial charge >= 0.3 is 6.03 Å². The summed E-state index contributed by atoms with van der Waals surface area (Å²) in [5, 5.41) is 5.37. The SMILES string of the molecule is O=C(C[NH+]1CCCCC1)NC(=O)NC1CCCCC1. The van der Waals surface area contributed by atoms with Crippen molar-refractivity contribution in [3.8, 4) is 0 Å². The normalized spacial score (nSPS) is 21.9. The van der Waals surface area contributed by atoms with Gasteiger partial charge in [0.2, 0.25) is 0 Å². The van der Waals surface area contributed by atoms with Gasteiger partial charge in [0.05, 0.1) is 13.1 Å². The molecule has 1 heterocycles. The van der Waals surface area contributed by atoms with E-state index in [1.165, 1.54) is 43.4 Å². The molecule has 1 aliphatic carbocycles. The molecule has 1 saturated heterocycles. The second kappa shape index (κ2) is 7.48. The first-order valence-electron chi connectivity index (χ1n) is 7.68. The number of nitrogens with one attached hydrogen (secondary N) is 3. The molecule has 0 aromatic rings. The van der Waals surface area contributed by atoms with Crippen LogP contribution >= 0.6 is 0 Å². The minimum Gasteiger partial charge on any atom is -0.335 e. The zero-order valence-electron chi connectivity index (χ0n) is 11.7. The number of piperidine rings is 1. The summed E-state index contributed by atoms with van der Waals surface area (Å²) in [5.41, 5.74) is 0. The highest BCUT2D eigenvalue weighted by Crippen LogP contribution is 2.16. The largest absolute Gasteiger partial charge is 0.335 e. The van der Waals surface area contributed by atoms with Gasteiger partial charge in [0, 0.05) is 6.04 Å². The van der Waals surface area contributed by atoms with Gasteiger partial charge in [-0.3, -0.25) is 10.1 Å². The number of quaternary nitrogens is 1. The van der Waals surface area contributed by atoms with E-state index in [0.29, 0.717) is 6.54 Å². The van der Waals surface area contributed by atoms with Gasteiger partial charge in [-0.2, -0.15) is 0 Å². The number of carbonyl (C=O) groups is 2. The maximum absolute atomic E-state index is 11.8. The zero-order chi connectivity index (χ0) is 13.5. The average Bonchev–Trinajstić information content (AvgIpc) is 2.40. The van der Waals surface area contributed by atoms with Crippen LogP contribution in [0.1, 0.15) is 51.4 Å². The molecular formula is C14H26N3O2+. The molecule has 1 saturated carbocycles. The highest BCUT2D eigenvalue weighted by atomic mass is 16.2. The summed E-state index contributed by atoms with van der Waals surface area (Å²) >= 11 is 0. The Labute approximate surface area is 115 Å². The van der Waals surface area contributed by atoms with Gasteiger partial charge in [0.1, 0.15) is 0 Å². The lowest BCUT2D eigenvalue weighted by Crippen LogP contribution is -3.14. The van der Waals surface area contributed by atoms with Crippen LogP contribution in [0.5, 0.6) is 0 Å². The molecule has 3 amide bonds. The predicted molar refractivity (Wildman–Crippen MR) is 73.0 cm³/mol. The number of likely N-dealkylation sites (tertiary alicyclic amines) is 1. The molecule has 2 fully saturated rings. The van der Waals surface area contributed by atoms with Crippen LogP contribution in [0.4, 0.5) is 4.79 Å². The molecule has 0 radical (unpaired) electrons. The lowest BCUT2D eigenvalue weighted by atomic mass is 9.96. The van der Waals surface area contributed by atoms with Crippen LogP contribution in [-0.2, 0) is 4.79 Å². The predicted octanol–water partition coefficient (Wildman–Crippen LogP) is 0.214. The Hall–Kier alpha value is -1.10. The lowest BCUT2D eigenvalue weighted by molar-refractivity contribution is -0.896. The van der Waals surface area contributed by atoms with E-state index in [1.807, 2.05) is 0 Å². The molecule has 2 rings (SSSR count). The molecule has 0 spiro atoms. The van der Waals surface area contributed by atoms with E-state index in [0.717, 1.165) is 25.9 Å². The summed E-state index contributed by atoms with van der Waals surface area (Å²) in [6.45, 7) is 2.54.